The van der Waals surface area contributed by atoms with Crippen molar-refractivity contribution >= 4 is 22.6 Å². The SMILES string of the molecule is CO.Cc1cnc2c(cnn2-c2cc(NC3CC3)c(C(=O)NCC(F)C(C)(C)O)cn2)c1. The van der Waals surface area contributed by atoms with Crippen LogP contribution in [0.5, 0.6) is 0 Å². The zero-order valence-electron chi connectivity index (χ0n) is 18.6. The zero-order valence-corrected chi connectivity index (χ0v) is 18.6. The fraction of sp³-hybridized carbons (Fsp3) is 0.455. The molecular formula is C22H29FN6O3. The first-order valence-corrected chi connectivity index (χ1v) is 10.4. The number of carbonyl (C=O) groups is 1. The maximum Gasteiger partial charge on any atom is 0.255 e. The van der Waals surface area contributed by atoms with Crippen LogP contribution in [0.4, 0.5) is 10.1 Å². The van der Waals surface area contributed by atoms with Crippen molar-refractivity contribution in [2.24, 2.45) is 0 Å². The van der Waals surface area contributed by atoms with Gasteiger partial charge in [0.1, 0.15) is 6.17 Å². The Kier molecular flexibility index (Phi) is 7.05. The Morgan fingerprint density at radius 2 is 1.97 bits per heavy atom. The summed E-state index contributed by atoms with van der Waals surface area (Å²) in [5, 5.41) is 27.9. The maximum absolute atomic E-state index is 14.0. The number of hydrogen-bond acceptors (Lipinski definition) is 7. The van der Waals surface area contributed by atoms with Crippen LogP contribution < -0.4 is 10.6 Å². The van der Waals surface area contributed by atoms with E-state index < -0.39 is 17.7 Å². The molecule has 172 valence electrons. The lowest BCUT2D eigenvalue weighted by Crippen LogP contribution is -2.42. The third-order valence-electron chi connectivity index (χ3n) is 5.04. The van der Waals surface area contributed by atoms with Crippen LogP contribution in [0.15, 0.2) is 30.7 Å². The highest BCUT2D eigenvalue weighted by atomic mass is 19.1. The van der Waals surface area contributed by atoms with Crippen molar-refractivity contribution in [1.29, 1.82) is 0 Å². The first-order valence-electron chi connectivity index (χ1n) is 10.4. The van der Waals surface area contributed by atoms with Gasteiger partial charge in [-0.05, 0) is 45.2 Å². The zero-order chi connectivity index (χ0) is 23.5. The Morgan fingerprint density at radius 3 is 2.62 bits per heavy atom. The van der Waals surface area contributed by atoms with Crippen LogP contribution in [-0.4, -0.2) is 67.3 Å². The Labute approximate surface area is 185 Å². The lowest BCUT2D eigenvalue weighted by molar-refractivity contribution is -0.00177. The number of anilines is 1. The fourth-order valence-electron chi connectivity index (χ4n) is 3.03. The third kappa shape index (κ3) is 5.38. The summed E-state index contributed by atoms with van der Waals surface area (Å²) in [6.45, 7) is 4.40. The predicted molar refractivity (Wildman–Crippen MR) is 120 cm³/mol. The standard InChI is InChI=1S/C21H25FN6O2.CH4O/c1-12-6-13-9-26-28(19(13)24-8-12)18-7-16(27-14-4-5-14)15(10-23-18)20(29)25-11-17(22)21(2,3)30;1-2/h6-10,14,17,30H,4-5,11H2,1-3H3,(H,23,27)(H,25,29);2H,1H3. The number of pyridine rings is 2. The molecule has 3 aromatic heterocycles. The van der Waals surface area contributed by atoms with E-state index in [1.54, 1.807) is 23.1 Å². The van der Waals surface area contributed by atoms with E-state index in [9.17, 15) is 14.3 Å². The van der Waals surface area contributed by atoms with Gasteiger partial charge in [-0.2, -0.15) is 9.78 Å². The Balaban J connectivity index is 0.00000141. The largest absolute Gasteiger partial charge is 0.400 e. The van der Waals surface area contributed by atoms with Gasteiger partial charge >= 0.3 is 0 Å². The number of alkyl halides is 1. The van der Waals surface area contributed by atoms with Crippen LogP contribution in [0.3, 0.4) is 0 Å². The van der Waals surface area contributed by atoms with Crippen molar-refractivity contribution in [3.8, 4) is 5.82 Å². The predicted octanol–water partition coefficient (Wildman–Crippen LogP) is 2.15. The molecule has 1 atom stereocenters. The average molecular weight is 445 g/mol. The molecule has 0 spiro atoms. The summed E-state index contributed by atoms with van der Waals surface area (Å²) in [6, 6.07) is 4.05. The molecule has 3 aromatic rings. The third-order valence-corrected chi connectivity index (χ3v) is 5.04. The van der Waals surface area contributed by atoms with E-state index in [1.165, 1.54) is 20.0 Å². The smallest absolute Gasteiger partial charge is 0.255 e. The molecule has 4 rings (SSSR count). The van der Waals surface area contributed by atoms with Crippen molar-refractivity contribution in [2.45, 2.75) is 51.4 Å². The summed E-state index contributed by atoms with van der Waals surface area (Å²) < 4.78 is 15.6. The number of halogens is 1. The minimum absolute atomic E-state index is 0.292. The van der Waals surface area contributed by atoms with Crippen LogP contribution in [0.25, 0.3) is 16.9 Å². The van der Waals surface area contributed by atoms with Gasteiger partial charge in [-0.3, -0.25) is 4.79 Å². The number of amides is 1. The molecule has 0 radical (unpaired) electrons. The minimum Gasteiger partial charge on any atom is -0.400 e. The number of rotatable bonds is 7. The number of aliphatic hydroxyl groups excluding tert-OH is 1. The maximum atomic E-state index is 14.0. The summed E-state index contributed by atoms with van der Waals surface area (Å²) in [7, 11) is 1.00. The Morgan fingerprint density at radius 1 is 1.25 bits per heavy atom. The van der Waals surface area contributed by atoms with E-state index in [2.05, 4.69) is 25.7 Å². The molecule has 10 heteroatoms. The van der Waals surface area contributed by atoms with Gasteiger partial charge in [0.05, 0.1) is 29.6 Å². The lowest BCUT2D eigenvalue weighted by Gasteiger charge is -2.22. The van der Waals surface area contributed by atoms with E-state index in [4.69, 9.17) is 5.11 Å². The van der Waals surface area contributed by atoms with Gasteiger partial charge in [-0.1, -0.05) is 0 Å². The molecule has 32 heavy (non-hydrogen) atoms. The second-order valence-electron chi connectivity index (χ2n) is 8.32. The van der Waals surface area contributed by atoms with E-state index >= 15 is 0 Å². The first kappa shape index (κ1) is 23.6. The molecule has 1 unspecified atom stereocenters. The number of nitrogens with zero attached hydrogens (tertiary/aromatic N) is 4. The summed E-state index contributed by atoms with van der Waals surface area (Å²) in [5.41, 5.74) is 1.10. The molecule has 1 fully saturated rings. The number of aromatic nitrogens is 4. The van der Waals surface area contributed by atoms with Crippen molar-refractivity contribution < 1.29 is 19.4 Å². The van der Waals surface area contributed by atoms with Crippen LogP contribution in [-0.2, 0) is 0 Å². The van der Waals surface area contributed by atoms with E-state index in [0.29, 0.717) is 28.8 Å². The number of aryl methyl sites for hydroxylation is 1. The molecular weight excluding hydrogens is 415 g/mol. The highest BCUT2D eigenvalue weighted by Crippen LogP contribution is 2.28. The number of fused-ring (bicyclic) bond motifs is 1. The van der Waals surface area contributed by atoms with Gasteiger partial charge in [0, 0.05) is 37.0 Å². The van der Waals surface area contributed by atoms with E-state index in [-0.39, 0.29) is 6.54 Å². The summed E-state index contributed by atoms with van der Waals surface area (Å²) in [6.07, 6.45) is 5.41. The quantitative estimate of drug-likeness (QED) is 0.440. The Hall–Kier alpha value is -3.11. The molecule has 1 saturated carbocycles. The number of nitrogens with one attached hydrogen (secondary N) is 2. The molecule has 0 saturated heterocycles. The second-order valence-corrected chi connectivity index (χ2v) is 8.32. The van der Waals surface area contributed by atoms with Crippen molar-refractivity contribution in [3.05, 3.63) is 41.9 Å². The van der Waals surface area contributed by atoms with Crippen LogP contribution in [0.1, 0.15) is 42.6 Å². The second kappa shape index (κ2) is 9.58. The van der Waals surface area contributed by atoms with Gasteiger partial charge in [0.15, 0.2) is 11.5 Å². The first-order chi connectivity index (χ1) is 15.2. The topological polar surface area (TPSA) is 125 Å². The summed E-state index contributed by atoms with van der Waals surface area (Å²) in [5.74, 6) is 0.0732. The molecule has 9 nitrogen and oxygen atoms in total. The highest BCUT2D eigenvalue weighted by molar-refractivity contribution is 5.99. The van der Waals surface area contributed by atoms with Crippen molar-refractivity contribution in [1.82, 2.24) is 25.1 Å². The van der Waals surface area contributed by atoms with Crippen LogP contribution >= 0.6 is 0 Å². The molecule has 1 amide bonds. The van der Waals surface area contributed by atoms with Gasteiger partial charge < -0.3 is 20.8 Å². The lowest BCUT2D eigenvalue weighted by atomic mass is 10.0. The normalized spacial score (nSPS) is 14.5. The highest BCUT2D eigenvalue weighted by Gasteiger charge is 2.28. The van der Waals surface area contributed by atoms with Gasteiger partial charge in [-0.25, -0.2) is 14.4 Å². The molecule has 4 N–H and O–H groups in total. The summed E-state index contributed by atoms with van der Waals surface area (Å²) in [4.78, 5) is 21.5. The molecule has 1 aliphatic carbocycles. The fourth-order valence-corrected chi connectivity index (χ4v) is 3.03. The molecule has 0 bridgehead atoms. The number of carbonyl (C=O) groups excluding carboxylic acids is 1. The Bertz CT molecular complexity index is 1090. The molecule has 3 heterocycles. The monoisotopic (exact) mass is 444 g/mol. The van der Waals surface area contributed by atoms with E-state index in [1.807, 2.05) is 13.0 Å². The van der Waals surface area contributed by atoms with Crippen LogP contribution in [0, 0.1) is 6.92 Å². The number of hydrogen-bond donors (Lipinski definition) is 4. The summed E-state index contributed by atoms with van der Waals surface area (Å²) >= 11 is 0. The number of aliphatic hydroxyl groups is 2. The van der Waals surface area contributed by atoms with E-state index in [0.717, 1.165) is 30.9 Å². The van der Waals surface area contributed by atoms with Crippen molar-refractivity contribution in [3.63, 3.8) is 0 Å². The average Bonchev–Trinajstić information content (AvgIpc) is 3.48. The van der Waals surface area contributed by atoms with Gasteiger partial charge in [-0.15, -0.1) is 0 Å². The van der Waals surface area contributed by atoms with Gasteiger partial charge in [0.2, 0.25) is 0 Å². The van der Waals surface area contributed by atoms with Crippen molar-refractivity contribution in [2.75, 3.05) is 19.0 Å². The van der Waals surface area contributed by atoms with Gasteiger partial charge in [0.25, 0.3) is 5.91 Å². The molecule has 1 aliphatic rings. The van der Waals surface area contributed by atoms with Crippen LogP contribution in [0.2, 0.25) is 0 Å². The molecule has 0 aliphatic heterocycles. The minimum atomic E-state index is -1.58. The molecule has 0 aromatic carbocycles.